The van der Waals surface area contributed by atoms with Crippen LogP contribution in [0.4, 0.5) is 13.2 Å². The Hall–Kier alpha value is -3.09. The van der Waals surface area contributed by atoms with Crippen molar-refractivity contribution < 1.29 is 17.9 Å². The molecule has 0 unspecified atom stereocenters. The van der Waals surface area contributed by atoms with Crippen LogP contribution in [0, 0.1) is 12.1 Å². The zero-order valence-corrected chi connectivity index (χ0v) is 13.8. The summed E-state index contributed by atoms with van der Waals surface area (Å²) < 4.78 is 42.2. The molecular formula is C19H14F3N3O. The van der Waals surface area contributed by atoms with Crippen LogP contribution < -0.4 is 0 Å². The molecule has 0 saturated heterocycles. The maximum absolute atomic E-state index is 13.3. The third kappa shape index (κ3) is 2.65. The van der Waals surface area contributed by atoms with Gasteiger partial charge in [-0.2, -0.15) is 17.9 Å². The maximum atomic E-state index is 13.3. The van der Waals surface area contributed by atoms with E-state index in [-0.39, 0.29) is 17.8 Å². The summed E-state index contributed by atoms with van der Waals surface area (Å²) in [7, 11) is 0. The van der Waals surface area contributed by atoms with E-state index in [4.69, 9.17) is 0 Å². The van der Waals surface area contributed by atoms with Gasteiger partial charge in [-0.25, -0.2) is 4.98 Å². The molecule has 0 saturated carbocycles. The number of hydrogen-bond acceptors (Lipinski definition) is 2. The number of nitrogens with zero attached hydrogens (tertiary/aromatic N) is 3. The van der Waals surface area contributed by atoms with E-state index >= 15 is 0 Å². The van der Waals surface area contributed by atoms with E-state index in [0.29, 0.717) is 27.5 Å². The first-order chi connectivity index (χ1) is 12.3. The van der Waals surface area contributed by atoms with Gasteiger partial charge in [-0.1, -0.05) is 18.2 Å². The Bertz CT molecular complexity index is 1020. The molecule has 2 aromatic carbocycles. The molecule has 132 valence electrons. The number of halogens is 3. The van der Waals surface area contributed by atoms with Crippen molar-refractivity contribution >= 4 is 5.71 Å². The monoisotopic (exact) mass is 357 g/mol. The van der Waals surface area contributed by atoms with Crippen LogP contribution in [-0.2, 0) is 12.7 Å². The largest absolute Gasteiger partial charge is 0.623 e. The number of imidazole rings is 1. The number of alkyl halides is 3. The first-order valence-electron chi connectivity index (χ1n) is 7.98. The SMILES string of the molecule is Cc1cn2c(n1)C[N+]([O-])=C(c1ccccc1)c1cc(C(F)(F)F)ccc1-2. The average Bonchev–Trinajstić information content (AvgIpc) is 2.90. The summed E-state index contributed by atoms with van der Waals surface area (Å²) in [5, 5.41) is 12.9. The number of hydrogen-bond donors (Lipinski definition) is 0. The van der Waals surface area contributed by atoms with E-state index < -0.39 is 11.7 Å². The second kappa shape index (κ2) is 5.72. The lowest BCUT2D eigenvalue weighted by atomic mass is 9.98. The molecule has 0 bridgehead atoms. The van der Waals surface area contributed by atoms with Gasteiger partial charge in [-0.15, -0.1) is 0 Å². The number of hydroxylamine groups is 1. The Morgan fingerprint density at radius 3 is 2.54 bits per heavy atom. The zero-order valence-electron chi connectivity index (χ0n) is 13.8. The van der Waals surface area contributed by atoms with Gasteiger partial charge < -0.3 is 5.21 Å². The first-order valence-corrected chi connectivity index (χ1v) is 7.98. The maximum Gasteiger partial charge on any atom is 0.416 e. The van der Waals surface area contributed by atoms with Gasteiger partial charge >= 0.3 is 6.18 Å². The van der Waals surface area contributed by atoms with Crippen molar-refractivity contribution in [2.45, 2.75) is 19.6 Å². The molecule has 4 nitrogen and oxygen atoms in total. The Morgan fingerprint density at radius 1 is 1.12 bits per heavy atom. The van der Waals surface area contributed by atoms with Crippen LogP contribution in [0.15, 0.2) is 54.7 Å². The summed E-state index contributed by atoms with van der Waals surface area (Å²) in [6.07, 6.45) is -2.77. The topological polar surface area (TPSA) is 43.9 Å². The minimum absolute atomic E-state index is 0.0475. The van der Waals surface area contributed by atoms with Crippen molar-refractivity contribution in [3.05, 3.63) is 88.1 Å². The van der Waals surface area contributed by atoms with Crippen LogP contribution in [-0.4, -0.2) is 20.0 Å². The van der Waals surface area contributed by atoms with Crippen molar-refractivity contribution in [3.8, 4) is 5.69 Å². The smallest absolute Gasteiger partial charge is 0.416 e. The summed E-state index contributed by atoms with van der Waals surface area (Å²) in [6, 6.07) is 12.2. The number of aromatic nitrogens is 2. The second-order valence-corrected chi connectivity index (χ2v) is 6.15. The van der Waals surface area contributed by atoms with Crippen molar-refractivity contribution in [1.29, 1.82) is 0 Å². The fourth-order valence-corrected chi connectivity index (χ4v) is 3.22. The van der Waals surface area contributed by atoms with Gasteiger partial charge in [0.05, 0.1) is 22.5 Å². The zero-order chi connectivity index (χ0) is 18.5. The average molecular weight is 357 g/mol. The highest BCUT2D eigenvalue weighted by Crippen LogP contribution is 2.33. The third-order valence-electron chi connectivity index (χ3n) is 4.32. The Morgan fingerprint density at radius 2 is 1.85 bits per heavy atom. The lowest BCUT2D eigenvalue weighted by Gasteiger charge is -2.14. The summed E-state index contributed by atoms with van der Waals surface area (Å²) in [5.74, 6) is 0.490. The summed E-state index contributed by atoms with van der Waals surface area (Å²) in [4.78, 5) is 4.35. The Kier molecular flexibility index (Phi) is 3.61. The van der Waals surface area contributed by atoms with Crippen molar-refractivity contribution in [1.82, 2.24) is 9.55 Å². The van der Waals surface area contributed by atoms with E-state index in [9.17, 15) is 18.4 Å². The van der Waals surface area contributed by atoms with E-state index in [1.165, 1.54) is 6.07 Å². The molecule has 0 aliphatic carbocycles. The predicted octanol–water partition coefficient (Wildman–Crippen LogP) is 4.06. The van der Waals surface area contributed by atoms with Crippen LogP contribution >= 0.6 is 0 Å². The summed E-state index contributed by atoms with van der Waals surface area (Å²) in [5.41, 5.74) is 1.41. The Balaban J connectivity index is 2.05. The molecular weight excluding hydrogens is 343 g/mol. The fourth-order valence-electron chi connectivity index (χ4n) is 3.22. The van der Waals surface area contributed by atoms with Gasteiger partial charge in [0.15, 0.2) is 5.82 Å². The molecule has 26 heavy (non-hydrogen) atoms. The second-order valence-electron chi connectivity index (χ2n) is 6.15. The van der Waals surface area contributed by atoms with Crippen LogP contribution in [0.25, 0.3) is 5.69 Å². The van der Waals surface area contributed by atoms with Crippen LogP contribution in [0.1, 0.15) is 28.2 Å². The molecule has 0 atom stereocenters. The number of fused-ring (bicyclic) bond motifs is 3. The van der Waals surface area contributed by atoms with Crippen LogP contribution in [0.5, 0.6) is 0 Å². The minimum Gasteiger partial charge on any atom is -0.623 e. The van der Waals surface area contributed by atoms with Gasteiger partial charge in [0, 0.05) is 11.8 Å². The van der Waals surface area contributed by atoms with Crippen molar-refractivity contribution in [3.63, 3.8) is 0 Å². The summed E-state index contributed by atoms with van der Waals surface area (Å²) >= 11 is 0. The quantitative estimate of drug-likeness (QED) is 0.487. The van der Waals surface area contributed by atoms with Gasteiger partial charge in [-0.05, 0) is 37.3 Å². The highest BCUT2D eigenvalue weighted by atomic mass is 19.4. The molecule has 4 rings (SSSR count). The molecule has 0 N–H and O–H groups in total. The van der Waals surface area contributed by atoms with Gasteiger partial charge in [0.2, 0.25) is 12.3 Å². The molecule has 0 amide bonds. The lowest BCUT2D eigenvalue weighted by Crippen LogP contribution is -2.18. The molecule has 0 fully saturated rings. The van der Waals surface area contributed by atoms with Gasteiger partial charge in [0.1, 0.15) is 0 Å². The highest BCUT2D eigenvalue weighted by Gasteiger charge is 2.34. The lowest BCUT2D eigenvalue weighted by molar-refractivity contribution is -0.475. The predicted molar refractivity (Wildman–Crippen MR) is 90.3 cm³/mol. The number of rotatable bonds is 1. The molecule has 1 aromatic heterocycles. The van der Waals surface area contributed by atoms with E-state index in [0.717, 1.165) is 12.1 Å². The fraction of sp³-hybridized carbons (Fsp3) is 0.158. The minimum atomic E-state index is -4.50. The van der Waals surface area contributed by atoms with Crippen LogP contribution in [0.2, 0.25) is 0 Å². The number of aryl methyl sites for hydroxylation is 1. The molecule has 1 aliphatic heterocycles. The van der Waals surface area contributed by atoms with Crippen molar-refractivity contribution in [2.24, 2.45) is 0 Å². The van der Waals surface area contributed by atoms with E-state index in [1.807, 2.05) is 0 Å². The van der Waals surface area contributed by atoms with Crippen molar-refractivity contribution in [2.75, 3.05) is 0 Å². The van der Waals surface area contributed by atoms with Gasteiger partial charge in [-0.3, -0.25) is 4.57 Å². The standard InChI is InChI=1S/C19H14F3N3O/c1-12-10-24-16-8-7-14(19(20,21)22)9-15(16)18(13-5-3-2-4-6-13)25(26)11-17(24)23-12/h2-10H,11H2,1H3. The molecule has 0 spiro atoms. The molecule has 3 aromatic rings. The summed E-state index contributed by atoms with van der Waals surface area (Å²) in [6.45, 7) is 1.73. The highest BCUT2D eigenvalue weighted by molar-refractivity contribution is 6.12. The van der Waals surface area contributed by atoms with Gasteiger partial charge in [0.25, 0.3) is 0 Å². The van der Waals surface area contributed by atoms with E-state index in [1.54, 1.807) is 48.0 Å². The molecule has 0 radical (unpaired) electrons. The normalized spacial score (nSPS) is 14.0. The first kappa shape index (κ1) is 16.4. The molecule has 7 heteroatoms. The Labute approximate surface area is 147 Å². The van der Waals surface area contributed by atoms with Crippen LogP contribution in [0.3, 0.4) is 0 Å². The molecule has 2 heterocycles. The number of benzene rings is 2. The van der Waals surface area contributed by atoms with E-state index in [2.05, 4.69) is 4.98 Å². The third-order valence-corrected chi connectivity index (χ3v) is 4.32. The molecule has 1 aliphatic rings.